The van der Waals surface area contributed by atoms with E-state index in [0.717, 1.165) is 22.5 Å². The zero-order chi connectivity index (χ0) is 35.0. The van der Waals surface area contributed by atoms with Crippen LogP contribution in [0.1, 0.15) is 35.1 Å². The van der Waals surface area contributed by atoms with Crippen molar-refractivity contribution >= 4 is 57.8 Å². The number of pyridine rings is 3. The topological polar surface area (TPSA) is 120 Å². The molecular weight excluding hydrogens is 675 g/mol. The van der Waals surface area contributed by atoms with Crippen molar-refractivity contribution in [2.24, 2.45) is 0 Å². The fourth-order valence-electron chi connectivity index (χ4n) is 5.20. The number of anilines is 1. The van der Waals surface area contributed by atoms with E-state index in [1.165, 1.54) is 13.0 Å². The van der Waals surface area contributed by atoms with Crippen LogP contribution < -0.4 is 20.1 Å². The van der Waals surface area contributed by atoms with Crippen LogP contribution in [0, 0.1) is 6.92 Å². The Balaban J connectivity index is 1.15. The summed E-state index contributed by atoms with van der Waals surface area (Å²) >= 11 is 13.6. The molecule has 0 spiro atoms. The predicted octanol–water partition coefficient (Wildman–Crippen LogP) is 7.88. The summed E-state index contributed by atoms with van der Waals surface area (Å²) in [5.74, 6) is 1.18. The molecule has 0 unspecified atom stereocenters. The number of carbonyl (C=O) groups is 2. The average Bonchev–Trinajstić information content (AvgIpc) is 3.58. The second-order valence-electron chi connectivity index (χ2n) is 11.3. The minimum absolute atomic E-state index is 0.0865. The Kier molecular flexibility index (Phi) is 10.7. The summed E-state index contributed by atoms with van der Waals surface area (Å²) in [7, 11) is 0. The number of halogens is 2. The summed E-state index contributed by atoms with van der Waals surface area (Å²) < 4.78 is 14.4. The highest BCUT2D eigenvalue weighted by atomic mass is 35.5. The van der Waals surface area contributed by atoms with Crippen LogP contribution in [0.2, 0.25) is 10.0 Å². The third-order valence-corrected chi connectivity index (χ3v) is 8.36. The first-order valence-corrected chi connectivity index (χ1v) is 16.4. The number of aromatic nitrogens is 4. The number of aryl methyl sites for hydroxylation is 1. The van der Waals surface area contributed by atoms with Crippen LogP contribution in [0.25, 0.3) is 22.7 Å². The fourth-order valence-corrected chi connectivity index (χ4v) is 5.77. The van der Waals surface area contributed by atoms with E-state index >= 15 is 0 Å². The molecule has 12 heteroatoms. The van der Waals surface area contributed by atoms with E-state index < -0.39 is 0 Å². The first kappa shape index (κ1) is 34.2. The normalized spacial score (nSPS) is 11.1. The zero-order valence-electron chi connectivity index (χ0n) is 27.2. The van der Waals surface area contributed by atoms with E-state index in [2.05, 4.69) is 20.6 Å². The number of benzene rings is 2. The third-order valence-electron chi connectivity index (χ3n) is 7.59. The molecule has 6 rings (SSSR count). The Hall–Kier alpha value is -5.71. The van der Waals surface area contributed by atoms with Crippen LogP contribution >= 0.6 is 23.2 Å². The second kappa shape index (κ2) is 15.7. The van der Waals surface area contributed by atoms with Crippen molar-refractivity contribution < 1.29 is 19.1 Å². The molecule has 0 fully saturated rings. The molecule has 0 aliphatic heterocycles. The molecule has 0 saturated carbocycles. The second-order valence-corrected chi connectivity index (χ2v) is 12.0. The van der Waals surface area contributed by atoms with Crippen molar-refractivity contribution in [2.45, 2.75) is 33.6 Å². The quantitative estimate of drug-likeness (QED) is 0.124. The summed E-state index contributed by atoms with van der Waals surface area (Å²) in [6.45, 7) is 3.96. The van der Waals surface area contributed by atoms with Gasteiger partial charge in [-0.3, -0.25) is 14.6 Å². The van der Waals surface area contributed by atoms with Crippen LogP contribution in [0.3, 0.4) is 0 Å². The molecule has 0 aliphatic carbocycles. The number of para-hydroxylation sites is 1. The zero-order valence-corrected chi connectivity index (χ0v) is 28.7. The Morgan fingerprint density at radius 1 is 0.920 bits per heavy atom. The number of nitrogens with one attached hydrogen (secondary N) is 2. The fraction of sp³-hybridized carbons (Fsp3) is 0.132. The average molecular weight is 708 g/mol. The molecule has 4 heterocycles. The molecule has 0 saturated heterocycles. The molecule has 0 atom stereocenters. The monoisotopic (exact) mass is 706 g/mol. The van der Waals surface area contributed by atoms with Crippen molar-refractivity contribution in [2.75, 3.05) is 5.32 Å². The van der Waals surface area contributed by atoms with Gasteiger partial charge >= 0.3 is 0 Å². The van der Waals surface area contributed by atoms with Gasteiger partial charge in [0.05, 0.1) is 22.9 Å². The maximum atomic E-state index is 12.6. The number of carbonyl (C=O) groups excluding carboxylic acids is 2. The standard InChI is InChI=1S/C38H32Cl2N6O4/c1-24-19-34(49-22-27-7-3-4-17-41-27)29-9-5-10-33(38(29)44-24)50-23-30-31(39)13-14-32(37(30)40)46-18-6-8-28(46)21-43-36(48)16-12-26-11-15-35(42-20-26)45-25(2)47/h3-20H,21-23H2,1-2H3,(H,43,48)(H,42,45,47)/b16-12+. The number of fused-ring (bicyclic) bond motifs is 1. The molecule has 0 bridgehead atoms. The molecule has 2 N–H and O–H groups in total. The summed E-state index contributed by atoms with van der Waals surface area (Å²) in [6, 6.07) is 24.1. The predicted molar refractivity (Wildman–Crippen MR) is 195 cm³/mol. The van der Waals surface area contributed by atoms with E-state index in [-0.39, 0.29) is 25.0 Å². The van der Waals surface area contributed by atoms with Gasteiger partial charge in [0.15, 0.2) is 0 Å². The molecular formula is C38H32Cl2N6O4. The highest BCUT2D eigenvalue weighted by Gasteiger charge is 2.17. The van der Waals surface area contributed by atoms with Gasteiger partial charge < -0.3 is 24.7 Å². The summed E-state index contributed by atoms with van der Waals surface area (Å²) in [5.41, 5.74) is 5.05. The van der Waals surface area contributed by atoms with E-state index in [9.17, 15) is 9.59 Å². The maximum absolute atomic E-state index is 12.6. The van der Waals surface area contributed by atoms with Gasteiger partial charge in [0.25, 0.3) is 0 Å². The molecule has 2 amide bonds. The van der Waals surface area contributed by atoms with Gasteiger partial charge in [-0.05, 0) is 79.2 Å². The van der Waals surface area contributed by atoms with Crippen LogP contribution in [0.5, 0.6) is 11.5 Å². The molecule has 2 aromatic carbocycles. The van der Waals surface area contributed by atoms with E-state index in [4.69, 9.17) is 37.7 Å². The van der Waals surface area contributed by atoms with Crippen molar-refractivity contribution in [3.05, 3.63) is 142 Å². The Bertz CT molecular complexity index is 2190. The lowest BCUT2D eigenvalue weighted by molar-refractivity contribution is -0.116. The Morgan fingerprint density at radius 2 is 1.78 bits per heavy atom. The van der Waals surface area contributed by atoms with Crippen LogP contribution in [-0.2, 0) is 29.3 Å². The van der Waals surface area contributed by atoms with Gasteiger partial charge in [-0.25, -0.2) is 9.97 Å². The molecule has 4 aromatic heterocycles. The Morgan fingerprint density at radius 3 is 2.56 bits per heavy atom. The molecule has 50 heavy (non-hydrogen) atoms. The number of nitrogens with zero attached hydrogens (tertiary/aromatic N) is 4. The lowest BCUT2D eigenvalue weighted by atomic mass is 10.1. The van der Waals surface area contributed by atoms with Gasteiger partial charge in [0.1, 0.15) is 36.0 Å². The number of amides is 2. The highest BCUT2D eigenvalue weighted by Crippen LogP contribution is 2.35. The molecule has 0 aliphatic rings. The smallest absolute Gasteiger partial charge is 0.244 e. The van der Waals surface area contributed by atoms with Gasteiger partial charge in [-0.1, -0.05) is 35.3 Å². The van der Waals surface area contributed by atoms with E-state index in [1.54, 1.807) is 36.7 Å². The summed E-state index contributed by atoms with van der Waals surface area (Å²) in [6.07, 6.45) is 8.23. The number of hydrogen-bond donors (Lipinski definition) is 2. The molecule has 10 nitrogen and oxygen atoms in total. The largest absolute Gasteiger partial charge is 0.487 e. The van der Waals surface area contributed by atoms with Crippen LogP contribution in [0.4, 0.5) is 5.82 Å². The van der Waals surface area contributed by atoms with Crippen molar-refractivity contribution in [3.63, 3.8) is 0 Å². The first-order chi connectivity index (χ1) is 24.2. The maximum Gasteiger partial charge on any atom is 0.244 e. The van der Waals surface area contributed by atoms with Gasteiger partial charge in [-0.15, -0.1) is 0 Å². The van der Waals surface area contributed by atoms with E-state index in [1.807, 2.05) is 78.4 Å². The molecule has 0 radical (unpaired) electrons. The highest BCUT2D eigenvalue weighted by molar-refractivity contribution is 6.37. The van der Waals surface area contributed by atoms with Gasteiger partial charge in [0.2, 0.25) is 11.8 Å². The summed E-state index contributed by atoms with van der Waals surface area (Å²) in [5, 5.41) is 7.18. The van der Waals surface area contributed by atoms with Gasteiger partial charge in [-0.2, -0.15) is 0 Å². The molecule has 6 aromatic rings. The first-order valence-electron chi connectivity index (χ1n) is 15.6. The minimum atomic E-state index is -0.288. The lowest BCUT2D eigenvalue weighted by Gasteiger charge is -2.17. The number of rotatable bonds is 12. The Labute approximate surface area is 298 Å². The SMILES string of the molecule is CC(=O)Nc1ccc(/C=C/C(=O)NCc2cccn2-c2ccc(Cl)c(COc3cccc4c(OCc5ccccn5)cc(C)nc34)c2Cl)cn1. The van der Waals surface area contributed by atoms with Crippen LogP contribution in [0.15, 0.2) is 104 Å². The van der Waals surface area contributed by atoms with Crippen LogP contribution in [-0.4, -0.2) is 31.3 Å². The molecule has 252 valence electrons. The van der Waals surface area contributed by atoms with E-state index in [0.29, 0.717) is 56.3 Å². The van der Waals surface area contributed by atoms with Crippen molar-refractivity contribution in [1.29, 1.82) is 0 Å². The summed E-state index contributed by atoms with van der Waals surface area (Å²) in [4.78, 5) is 37.1. The van der Waals surface area contributed by atoms with Crippen molar-refractivity contribution in [3.8, 4) is 17.2 Å². The van der Waals surface area contributed by atoms with Crippen molar-refractivity contribution in [1.82, 2.24) is 24.8 Å². The minimum Gasteiger partial charge on any atom is -0.487 e. The third kappa shape index (κ3) is 8.28. The lowest BCUT2D eigenvalue weighted by Crippen LogP contribution is -2.21. The number of hydrogen-bond acceptors (Lipinski definition) is 7. The van der Waals surface area contributed by atoms with Gasteiger partial charge in [0, 0.05) is 65.0 Å². The number of ether oxygens (including phenoxy) is 2.